The number of allylic oxidation sites excluding steroid dienone is 8. The van der Waals surface area contributed by atoms with Gasteiger partial charge >= 0.3 is 27.6 Å². The lowest BCUT2D eigenvalue weighted by Crippen LogP contribution is -2.29. The van der Waals surface area contributed by atoms with Gasteiger partial charge in [-0.1, -0.05) is 204 Å². The Hall–Kier alpha value is -2.22. The largest absolute Gasteiger partial charge is 0.472 e. The molecule has 0 saturated carbocycles. The average Bonchev–Trinajstić information content (AvgIpc) is 3.29. The molecule has 0 amide bonds. The van der Waals surface area contributed by atoms with Crippen LogP contribution >= 0.6 is 15.6 Å². The van der Waals surface area contributed by atoms with E-state index in [9.17, 15) is 33.8 Å². The number of aliphatic hydroxyl groups excluding tert-OH is 2. The minimum atomic E-state index is -4.88. The van der Waals surface area contributed by atoms with Crippen LogP contribution in [0.1, 0.15) is 201 Å². The summed E-state index contributed by atoms with van der Waals surface area (Å²) in [6.07, 6.45) is 45.3. The molecule has 0 spiro atoms. The third-order valence-corrected chi connectivity index (χ3v) is 12.5. The Bertz CT molecular complexity index is 1440. The van der Waals surface area contributed by atoms with Gasteiger partial charge in [0, 0.05) is 12.8 Å². The first-order valence-electron chi connectivity index (χ1n) is 25.5. The standard InChI is InChI=1S/C51H92O14P2/c1-4-6-7-8-28-33-38-47(52)39-34-29-24-21-22-26-31-36-41-51(55)65-49(45-64-67(59,60)63-43-48(53)42-62-66(56,57)58)44-61-50(54)40-35-30-25-20-18-16-14-12-10-9-11-13-15-17-19-23-27-32-37-46(3)5-2/h6-7,22,24,26,28-29,33-34,39,46-49,52-53H,4-5,8-21,23,25,27,30-32,35-38,40-45H2,1-3H3,(H,59,60)(H2,56,57,58)/b7-6-,26-22-,29-24-,33-28-,39-34+/t46?,47?,48-,49+/m0/s1. The maximum Gasteiger partial charge on any atom is 0.472 e. The molecule has 5 atom stereocenters. The Morgan fingerprint density at radius 1 is 0.552 bits per heavy atom. The number of hydrogen-bond donors (Lipinski definition) is 5. The van der Waals surface area contributed by atoms with Gasteiger partial charge in [0.15, 0.2) is 6.10 Å². The summed E-state index contributed by atoms with van der Waals surface area (Å²) in [5, 5.41) is 19.8. The van der Waals surface area contributed by atoms with Crippen molar-refractivity contribution in [2.75, 3.05) is 26.4 Å². The first kappa shape index (κ1) is 64.8. The number of unbranched alkanes of at least 4 members (excludes halogenated alkanes) is 18. The van der Waals surface area contributed by atoms with Crippen molar-refractivity contribution in [3.8, 4) is 0 Å². The Morgan fingerprint density at radius 3 is 1.64 bits per heavy atom. The average molecular weight is 991 g/mol. The molecule has 0 heterocycles. The molecule has 0 saturated heterocycles. The molecule has 3 unspecified atom stereocenters. The minimum absolute atomic E-state index is 0.0205. The number of carbonyl (C=O) groups is 2. The van der Waals surface area contributed by atoms with Crippen molar-refractivity contribution in [3.63, 3.8) is 0 Å². The molecular formula is C51H92O14P2. The number of phosphoric ester groups is 2. The monoisotopic (exact) mass is 991 g/mol. The molecule has 0 fully saturated rings. The lowest BCUT2D eigenvalue weighted by atomic mass is 9.99. The van der Waals surface area contributed by atoms with Crippen LogP contribution in [0, 0.1) is 5.92 Å². The van der Waals surface area contributed by atoms with Crippen LogP contribution in [0.3, 0.4) is 0 Å². The smallest absolute Gasteiger partial charge is 0.462 e. The molecule has 0 aliphatic rings. The van der Waals surface area contributed by atoms with Crippen molar-refractivity contribution in [2.45, 2.75) is 219 Å². The van der Waals surface area contributed by atoms with Crippen LogP contribution in [0.15, 0.2) is 60.8 Å². The molecule has 0 rings (SSSR count). The van der Waals surface area contributed by atoms with Crippen molar-refractivity contribution in [3.05, 3.63) is 60.8 Å². The third kappa shape index (κ3) is 48.6. The van der Waals surface area contributed by atoms with E-state index in [0.717, 1.165) is 38.0 Å². The molecule has 0 aliphatic heterocycles. The molecule has 0 radical (unpaired) electrons. The van der Waals surface area contributed by atoms with Crippen molar-refractivity contribution < 1.29 is 66.7 Å². The van der Waals surface area contributed by atoms with Crippen molar-refractivity contribution in [1.82, 2.24) is 0 Å². The highest BCUT2D eigenvalue weighted by atomic mass is 31.2. The molecule has 0 aliphatic carbocycles. The number of carbonyl (C=O) groups excluding carboxylic acids is 2. The third-order valence-electron chi connectivity index (χ3n) is 11.0. The quantitative estimate of drug-likeness (QED) is 0.0126. The number of ether oxygens (including phenoxy) is 2. The van der Waals surface area contributed by atoms with E-state index < -0.39 is 72.3 Å². The van der Waals surface area contributed by atoms with E-state index in [-0.39, 0.29) is 12.8 Å². The zero-order valence-corrected chi connectivity index (χ0v) is 43.3. The van der Waals surface area contributed by atoms with Gasteiger partial charge in [0.2, 0.25) is 0 Å². The van der Waals surface area contributed by atoms with Crippen LogP contribution in [0.5, 0.6) is 0 Å². The summed E-state index contributed by atoms with van der Waals surface area (Å²) >= 11 is 0. The van der Waals surface area contributed by atoms with Gasteiger partial charge in [-0.2, -0.15) is 0 Å². The minimum Gasteiger partial charge on any atom is -0.462 e. The first-order chi connectivity index (χ1) is 32.2. The fourth-order valence-corrected chi connectivity index (χ4v) is 7.95. The van der Waals surface area contributed by atoms with Gasteiger partial charge in [0.25, 0.3) is 0 Å². The molecule has 5 N–H and O–H groups in total. The highest BCUT2D eigenvalue weighted by Gasteiger charge is 2.28. The molecular weight excluding hydrogens is 898 g/mol. The second-order valence-corrected chi connectivity index (χ2v) is 20.2. The fraction of sp³-hybridized carbons (Fsp3) is 0.765. The highest BCUT2D eigenvalue weighted by Crippen LogP contribution is 2.44. The second-order valence-electron chi connectivity index (χ2n) is 17.5. The molecule has 390 valence electrons. The zero-order chi connectivity index (χ0) is 49.7. The molecule has 16 heteroatoms. The summed E-state index contributed by atoms with van der Waals surface area (Å²) in [6, 6.07) is 0. The normalized spacial score (nSPS) is 15.3. The zero-order valence-electron chi connectivity index (χ0n) is 41.5. The molecule has 14 nitrogen and oxygen atoms in total. The van der Waals surface area contributed by atoms with Gasteiger partial charge in [-0.15, -0.1) is 0 Å². The summed E-state index contributed by atoms with van der Waals surface area (Å²) in [7, 11) is -9.73. The highest BCUT2D eigenvalue weighted by molar-refractivity contribution is 7.47. The van der Waals surface area contributed by atoms with E-state index in [2.05, 4.69) is 42.0 Å². The SMILES string of the molecule is CC/C=C\C/C=C\CC(O)/C=C/C=C\C/C=C\CCCC(=O)O[C@H](COC(=O)CCCCCCCCCCCCCCCCCCCCC(C)CC)COP(=O)(O)OC[C@@H](O)COP(=O)(O)O. The first-order valence-corrected chi connectivity index (χ1v) is 28.5. The summed E-state index contributed by atoms with van der Waals surface area (Å²) in [4.78, 5) is 52.9. The van der Waals surface area contributed by atoms with Crippen LogP contribution in [-0.4, -0.2) is 81.6 Å². The van der Waals surface area contributed by atoms with Crippen LogP contribution in [0.4, 0.5) is 0 Å². The van der Waals surface area contributed by atoms with E-state index in [1.807, 2.05) is 36.5 Å². The predicted octanol–water partition coefficient (Wildman–Crippen LogP) is 12.8. The Kier molecular flexibility index (Phi) is 43.5. The molecule has 67 heavy (non-hydrogen) atoms. The Labute approximate surface area is 404 Å². The van der Waals surface area contributed by atoms with Crippen molar-refractivity contribution in [1.29, 1.82) is 0 Å². The molecule has 0 aromatic rings. The summed E-state index contributed by atoms with van der Waals surface area (Å²) in [5.74, 6) is -0.254. The van der Waals surface area contributed by atoms with Gasteiger partial charge in [0.1, 0.15) is 12.7 Å². The van der Waals surface area contributed by atoms with E-state index in [0.29, 0.717) is 32.1 Å². The summed E-state index contributed by atoms with van der Waals surface area (Å²) in [6.45, 7) is 3.90. The molecule has 0 aromatic heterocycles. The van der Waals surface area contributed by atoms with Gasteiger partial charge in [-0.05, 0) is 50.9 Å². The van der Waals surface area contributed by atoms with Gasteiger partial charge in [-0.25, -0.2) is 9.13 Å². The maximum atomic E-state index is 12.7. The fourth-order valence-electron chi connectivity index (χ4n) is 6.80. The lowest BCUT2D eigenvalue weighted by Gasteiger charge is -2.20. The van der Waals surface area contributed by atoms with Crippen LogP contribution < -0.4 is 0 Å². The van der Waals surface area contributed by atoms with Crippen LogP contribution in [0.25, 0.3) is 0 Å². The van der Waals surface area contributed by atoms with Gasteiger partial charge < -0.3 is 34.4 Å². The van der Waals surface area contributed by atoms with Crippen LogP contribution in [-0.2, 0) is 41.8 Å². The topological polar surface area (TPSA) is 216 Å². The molecule has 0 bridgehead atoms. The number of hydrogen-bond acceptors (Lipinski definition) is 11. The van der Waals surface area contributed by atoms with E-state index in [4.69, 9.17) is 23.8 Å². The van der Waals surface area contributed by atoms with E-state index in [1.165, 1.54) is 103 Å². The molecule has 0 aromatic carbocycles. The summed E-state index contributed by atoms with van der Waals surface area (Å²) < 4.78 is 47.9. The van der Waals surface area contributed by atoms with Gasteiger partial charge in [-0.3, -0.25) is 23.2 Å². The number of esters is 2. The van der Waals surface area contributed by atoms with Crippen LogP contribution in [0.2, 0.25) is 0 Å². The van der Waals surface area contributed by atoms with Gasteiger partial charge in [0.05, 0.1) is 25.9 Å². The predicted molar refractivity (Wildman–Crippen MR) is 268 cm³/mol. The van der Waals surface area contributed by atoms with Crippen molar-refractivity contribution >= 4 is 27.6 Å². The Morgan fingerprint density at radius 2 is 1.06 bits per heavy atom. The summed E-state index contributed by atoms with van der Waals surface area (Å²) in [5.41, 5.74) is 0. The maximum absolute atomic E-state index is 12.7. The lowest BCUT2D eigenvalue weighted by molar-refractivity contribution is -0.161. The second kappa shape index (κ2) is 45.0. The van der Waals surface area contributed by atoms with E-state index >= 15 is 0 Å². The van der Waals surface area contributed by atoms with Crippen molar-refractivity contribution in [2.24, 2.45) is 5.92 Å². The van der Waals surface area contributed by atoms with E-state index in [1.54, 1.807) is 12.2 Å². The number of aliphatic hydroxyl groups is 2. The Balaban J connectivity index is 4.50. The number of rotatable bonds is 47. The number of phosphoric acid groups is 2.